The van der Waals surface area contributed by atoms with Gasteiger partial charge in [-0.1, -0.05) is 25.6 Å². The van der Waals surface area contributed by atoms with Crippen LogP contribution in [0.25, 0.3) is 0 Å². The van der Waals surface area contributed by atoms with Crippen LogP contribution in [0.4, 0.5) is 0 Å². The summed E-state index contributed by atoms with van der Waals surface area (Å²) < 4.78 is 0. The second-order valence-corrected chi connectivity index (χ2v) is 7.55. The lowest BCUT2D eigenvalue weighted by Crippen LogP contribution is -2.28. The molecule has 0 radical (unpaired) electrons. The van der Waals surface area contributed by atoms with Crippen molar-refractivity contribution in [2.45, 2.75) is 52.0 Å². The minimum absolute atomic E-state index is 0.658. The molecule has 0 bridgehead atoms. The molecular formula is C14H24N2S. The van der Waals surface area contributed by atoms with Crippen LogP contribution in [0.15, 0.2) is 4.99 Å². The third kappa shape index (κ3) is 2.81. The van der Waals surface area contributed by atoms with Gasteiger partial charge in [0.05, 0.1) is 0 Å². The van der Waals surface area contributed by atoms with Gasteiger partial charge >= 0.3 is 0 Å². The van der Waals surface area contributed by atoms with Gasteiger partial charge in [0.2, 0.25) is 0 Å². The first kappa shape index (κ1) is 11.9. The van der Waals surface area contributed by atoms with E-state index in [4.69, 9.17) is 4.99 Å². The summed E-state index contributed by atoms with van der Waals surface area (Å²) in [5.74, 6) is 3.03. The summed E-state index contributed by atoms with van der Waals surface area (Å²) >= 11 is 1.93. The molecule has 1 saturated heterocycles. The first-order valence-corrected chi connectivity index (χ1v) is 8.10. The second-order valence-electron chi connectivity index (χ2n) is 6.54. The Morgan fingerprint density at radius 1 is 1.41 bits per heavy atom. The maximum Gasteiger partial charge on any atom is 0.156 e. The van der Waals surface area contributed by atoms with E-state index in [1.54, 1.807) is 0 Å². The fourth-order valence-corrected chi connectivity index (χ4v) is 3.99. The van der Waals surface area contributed by atoms with Crippen molar-refractivity contribution in [1.29, 1.82) is 0 Å². The lowest BCUT2D eigenvalue weighted by atomic mass is 10.0. The number of thioether (sulfide) groups is 1. The molecule has 0 aromatic heterocycles. The summed E-state index contributed by atoms with van der Waals surface area (Å²) in [5.41, 5.74) is 0.658. The average molecular weight is 252 g/mol. The molecular weight excluding hydrogens is 228 g/mol. The van der Waals surface area contributed by atoms with Gasteiger partial charge in [0.25, 0.3) is 0 Å². The molecule has 0 aromatic rings. The third-order valence-corrected chi connectivity index (χ3v) is 5.47. The van der Waals surface area contributed by atoms with Crippen LogP contribution >= 0.6 is 11.8 Å². The van der Waals surface area contributed by atoms with Gasteiger partial charge in [0, 0.05) is 18.3 Å². The van der Waals surface area contributed by atoms with Crippen molar-refractivity contribution in [3.8, 4) is 0 Å². The molecule has 2 nitrogen and oxygen atoms in total. The fourth-order valence-electron chi connectivity index (χ4n) is 3.01. The number of hydrogen-bond acceptors (Lipinski definition) is 2. The van der Waals surface area contributed by atoms with E-state index in [1.165, 1.54) is 43.0 Å². The number of rotatable bonds is 5. The van der Waals surface area contributed by atoms with Crippen molar-refractivity contribution in [2.75, 3.05) is 12.3 Å². The van der Waals surface area contributed by atoms with Gasteiger partial charge in [-0.2, -0.15) is 0 Å². The molecule has 1 unspecified atom stereocenters. The third-order valence-electron chi connectivity index (χ3n) is 4.38. The van der Waals surface area contributed by atoms with Crippen LogP contribution in [-0.4, -0.2) is 23.5 Å². The molecule has 1 heterocycles. The Bertz CT molecular complexity index is 316. The number of nitrogens with one attached hydrogen (secondary N) is 1. The van der Waals surface area contributed by atoms with Crippen molar-refractivity contribution in [1.82, 2.24) is 5.32 Å². The van der Waals surface area contributed by atoms with Crippen LogP contribution in [0.5, 0.6) is 0 Å². The molecule has 0 spiro atoms. The molecule has 3 rings (SSSR count). The first-order valence-electron chi connectivity index (χ1n) is 7.12. The van der Waals surface area contributed by atoms with Gasteiger partial charge in [0.15, 0.2) is 5.17 Å². The zero-order valence-corrected chi connectivity index (χ0v) is 11.9. The molecule has 1 atom stereocenters. The quantitative estimate of drug-likeness (QED) is 0.812. The van der Waals surface area contributed by atoms with E-state index in [9.17, 15) is 0 Å². The summed E-state index contributed by atoms with van der Waals surface area (Å²) in [6.07, 6.45) is 7.10. The van der Waals surface area contributed by atoms with Crippen molar-refractivity contribution in [3.05, 3.63) is 0 Å². The zero-order chi connectivity index (χ0) is 11.9. The molecule has 3 aliphatic rings. The molecule has 2 saturated carbocycles. The molecule has 3 heteroatoms. The standard InChI is InChI=1S/C14H24N2S/c1-10(2)7-12-8-17-13(16-12)15-9-14(5-6-14)11-3-4-11/h10-12H,3-9H2,1-2H3,(H,15,16). The Balaban J connectivity index is 1.49. The molecule has 1 aliphatic heterocycles. The van der Waals surface area contributed by atoms with E-state index in [0.717, 1.165) is 18.4 Å². The van der Waals surface area contributed by atoms with E-state index in [1.807, 2.05) is 11.8 Å². The van der Waals surface area contributed by atoms with E-state index in [-0.39, 0.29) is 0 Å². The predicted octanol–water partition coefficient (Wildman–Crippen LogP) is 3.28. The summed E-state index contributed by atoms with van der Waals surface area (Å²) in [6, 6.07) is 0.662. The van der Waals surface area contributed by atoms with Gasteiger partial charge < -0.3 is 5.32 Å². The van der Waals surface area contributed by atoms with E-state index in [0.29, 0.717) is 11.5 Å². The average Bonchev–Trinajstić information content (AvgIpc) is 3.15. The van der Waals surface area contributed by atoms with Crippen LogP contribution in [0.1, 0.15) is 46.0 Å². The number of amidine groups is 1. The normalized spacial score (nSPS) is 33.1. The Labute approximate surface area is 109 Å². The lowest BCUT2D eigenvalue weighted by molar-refractivity contribution is 0.452. The fraction of sp³-hybridized carbons (Fsp3) is 0.929. The van der Waals surface area contributed by atoms with E-state index >= 15 is 0 Å². The maximum absolute atomic E-state index is 4.84. The van der Waals surface area contributed by atoms with Crippen molar-refractivity contribution >= 4 is 16.9 Å². The van der Waals surface area contributed by atoms with Crippen molar-refractivity contribution < 1.29 is 0 Å². The molecule has 17 heavy (non-hydrogen) atoms. The summed E-state index contributed by atoms with van der Waals surface area (Å²) in [6.45, 7) is 5.70. The molecule has 2 aliphatic carbocycles. The van der Waals surface area contributed by atoms with E-state index < -0.39 is 0 Å². The molecule has 96 valence electrons. The van der Waals surface area contributed by atoms with Gasteiger partial charge in [-0.15, -0.1) is 0 Å². The van der Waals surface area contributed by atoms with Crippen molar-refractivity contribution in [3.63, 3.8) is 0 Å². The highest BCUT2D eigenvalue weighted by Gasteiger charge is 2.53. The van der Waals surface area contributed by atoms with Gasteiger partial charge in [-0.05, 0) is 49.4 Å². The summed E-state index contributed by atoms with van der Waals surface area (Å²) in [7, 11) is 0. The largest absolute Gasteiger partial charge is 0.361 e. The summed E-state index contributed by atoms with van der Waals surface area (Å²) in [4.78, 5) is 4.84. The van der Waals surface area contributed by atoms with Gasteiger partial charge in [-0.3, -0.25) is 4.99 Å². The first-order chi connectivity index (χ1) is 8.18. The maximum atomic E-state index is 4.84. The highest BCUT2D eigenvalue weighted by Crippen LogP contribution is 2.61. The van der Waals surface area contributed by atoms with Crippen molar-refractivity contribution in [2.24, 2.45) is 22.2 Å². The second kappa shape index (κ2) is 4.49. The smallest absolute Gasteiger partial charge is 0.156 e. The lowest BCUT2D eigenvalue weighted by Gasteiger charge is -2.13. The van der Waals surface area contributed by atoms with E-state index in [2.05, 4.69) is 19.2 Å². The monoisotopic (exact) mass is 252 g/mol. The van der Waals surface area contributed by atoms with Crippen LogP contribution in [0.2, 0.25) is 0 Å². The highest BCUT2D eigenvalue weighted by molar-refractivity contribution is 8.14. The predicted molar refractivity (Wildman–Crippen MR) is 75.5 cm³/mol. The van der Waals surface area contributed by atoms with Gasteiger partial charge in [0.1, 0.15) is 0 Å². The minimum Gasteiger partial charge on any atom is -0.361 e. The molecule has 1 N–H and O–H groups in total. The molecule has 0 amide bonds. The topological polar surface area (TPSA) is 24.4 Å². The SMILES string of the molecule is CC(C)CC1CSC(=NCC2(C3CC3)CC2)N1. The zero-order valence-electron chi connectivity index (χ0n) is 11.0. The Morgan fingerprint density at radius 2 is 2.18 bits per heavy atom. The Morgan fingerprint density at radius 3 is 2.76 bits per heavy atom. The Hall–Kier alpha value is -0.180. The van der Waals surface area contributed by atoms with Crippen LogP contribution in [0, 0.1) is 17.3 Å². The van der Waals surface area contributed by atoms with Crippen LogP contribution in [-0.2, 0) is 0 Å². The summed E-state index contributed by atoms with van der Waals surface area (Å²) in [5, 5.41) is 4.82. The Kier molecular flexibility index (Phi) is 3.14. The number of nitrogens with zero attached hydrogens (tertiary/aromatic N) is 1. The van der Waals surface area contributed by atoms with Crippen LogP contribution in [0.3, 0.4) is 0 Å². The minimum atomic E-state index is 0.658. The highest BCUT2D eigenvalue weighted by atomic mass is 32.2. The number of hydrogen-bond donors (Lipinski definition) is 1. The number of aliphatic imine (C=N–C) groups is 1. The van der Waals surface area contributed by atoms with Gasteiger partial charge in [-0.25, -0.2) is 0 Å². The molecule has 3 fully saturated rings. The van der Waals surface area contributed by atoms with Crippen LogP contribution < -0.4 is 5.32 Å². The molecule has 0 aromatic carbocycles.